The molecule has 0 spiro atoms. The number of nitrogens with two attached hydrogens (primary N) is 1. The van der Waals surface area contributed by atoms with Crippen LogP contribution in [0.15, 0.2) is 12.3 Å². The fraction of sp³-hybridized carbons (Fsp3) is 0.545. The molecule has 0 saturated heterocycles. The number of aromatic amines is 1. The van der Waals surface area contributed by atoms with E-state index in [0.29, 0.717) is 12.8 Å². The van der Waals surface area contributed by atoms with E-state index in [-0.39, 0.29) is 5.69 Å². The number of hydrogen-bond acceptors (Lipinski definition) is 4. The zero-order chi connectivity index (χ0) is 12.3. The van der Waals surface area contributed by atoms with Gasteiger partial charge < -0.3 is 10.5 Å². The minimum atomic E-state index is -1.14. The van der Waals surface area contributed by atoms with Gasteiger partial charge in [0.15, 0.2) is 5.60 Å². The molecule has 0 aromatic carbocycles. The van der Waals surface area contributed by atoms with E-state index in [1.165, 1.54) is 12.3 Å². The van der Waals surface area contributed by atoms with Crippen molar-refractivity contribution in [2.75, 3.05) is 0 Å². The number of carbonyl (C=O) groups is 2. The third-order valence-electron chi connectivity index (χ3n) is 3.12. The van der Waals surface area contributed by atoms with Gasteiger partial charge in [-0.25, -0.2) is 4.79 Å². The molecule has 6 nitrogen and oxygen atoms in total. The minimum Gasteiger partial charge on any atom is -0.444 e. The molecule has 6 heteroatoms. The van der Waals surface area contributed by atoms with E-state index in [0.717, 1.165) is 19.3 Å². The number of rotatable bonds is 3. The molecule has 1 aliphatic carbocycles. The molecule has 17 heavy (non-hydrogen) atoms. The molecule has 92 valence electrons. The monoisotopic (exact) mass is 237 g/mol. The topological polar surface area (TPSA) is 98.1 Å². The molecule has 0 aliphatic heterocycles. The second-order valence-electron chi connectivity index (χ2n) is 4.28. The summed E-state index contributed by atoms with van der Waals surface area (Å²) < 4.78 is 5.30. The maximum atomic E-state index is 11.8. The average molecular weight is 237 g/mol. The number of H-pyrrole nitrogens is 1. The second kappa shape index (κ2) is 4.57. The Bertz CT molecular complexity index is 408. The fourth-order valence-electron chi connectivity index (χ4n) is 2.12. The molecule has 0 bridgehead atoms. The molecule has 0 radical (unpaired) electrons. The molecule has 0 atom stereocenters. The zero-order valence-corrected chi connectivity index (χ0v) is 9.44. The van der Waals surface area contributed by atoms with E-state index in [1.54, 1.807) is 0 Å². The number of aromatic nitrogens is 2. The van der Waals surface area contributed by atoms with Crippen LogP contribution >= 0.6 is 0 Å². The van der Waals surface area contributed by atoms with Gasteiger partial charge in [0.05, 0.1) is 0 Å². The normalized spacial score (nSPS) is 18.6. The first-order valence-corrected chi connectivity index (χ1v) is 5.67. The Morgan fingerprint density at radius 1 is 1.35 bits per heavy atom. The number of carbonyl (C=O) groups excluding carboxylic acids is 2. The van der Waals surface area contributed by atoms with Gasteiger partial charge in [-0.05, 0) is 31.7 Å². The molecule has 2 rings (SSSR count). The van der Waals surface area contributed by atoms with Crippen molar-refractivity contribution in [3.63, 3.8) is 0 Å². The quantitative estimate of drug-likeness (QED) is 0.758. The van der Waals surface area contributed by atoms with Gasteiger partial charge in [0.2, 0.25) is 0 Å². The van der Waals surface area contributed by atoms with Gasteiger partial charge in [-0.3, -0.25) is 9.89 Å². The Kier molecular flexibility index (Phi) is 3.12. The number of primary amides is 1. The van der Waals surface area contributed by atoms with Gasteiger partial charge in [0.25, 0.3) is 5.91 Å². The molecule has 1 aromatic heterocycles. The van der Waals surface area contributed by atoms with Crippen molar-refractivity contribution in [2.24, 2.45) is 5.73 Å². The van der Waals surface area contributed by atoms with Crippen LogP contribution in [0.3, 0.4) is 0 Å². The average Bonchev–Trinajstić information content (AvgIpc) is 2.83. The van der Waals surface area contributed by atoms with Crippen molar-refractivity contribution in [3.05, 3.63) is 18.0 Å². The zero-order valence-electron chi connectivity index (χ0n) is 9.44. The highest BCUT2D eigenvalue weighted by molar-refractivity contribution is 5.92. The molecule has 3 N–H and O–H groups in total. The minimum absolute atomic E-state index is 0.233. The lowest BCUT2D eigenvalue weighted by atomic mass is 9.84. The maximum absolute atomic E-state index is 11.8. The van der Waals surface area contributed by atoms with Crippen LogP contribution in [0.4, 0.5) is 0 Å². The highest BCUT2D eigenvalue weighted by atomic mass is 16.6. The molecular weight excluding hydrogens is 222 g/mol. The maximum Gasteiger partial charge on any atom is 0.357 e. The van der Waals surface area contributed by atoms with E-state index >= 15 is 0 Å². The number of amides is 1. The van der Waals surface area contributed by atoms with Crippen molar-refractivity contribution in [1.29, 1.82) is 0 Å². The van der Waals surface area contributed by atoms with Gasteiger partial charge >= 0.3 is 5.97 Å². The summed E-state index contributed by atoms with van der Waals surface area (Å²) in [7, 11) is 0. The lowest BCUT2D eigenvalue weighted by molar-refractivity contribution is -0.140. The van der Waals surface area contributed by atoms with Crippen LogP contribution in [0, 0.1) is 0 Å². The summed E-state index contributed by atoms with van der Waals surface area (Å²) in [6, 6.07) is 1.50. The number of nitrogens with one attached hydrogen (secondary N) is 1. The molecule has 1 aromatic rings. The van der Waals surface area contributed by atoms with E-state index in [9.17, 15) is 9.59 Å². The van der Waals surface area contributed by atoms with Crippen molar-refractivity contribution in [3.8, 4) is 0 Å². The van der Waals surface area contributed by atoms with Crippen molar-refractivity contribution in [2.45, 2.75) is 37.7 Å². The lowest BCUT2D eigenvalue weighted by Gasteiger charge is -2.33. The van der Waals surface area contributed by atoms with Crippen LogP contribution in [-0.2, 0) is 9.53 Å². The van der Waals surface area contributed by atoms with E-state index in [2.05, 4.69) is 10.2 Å². The van der Waals surface area contributed by atoms with Crippen molar-refractivity contribution in [1.82, 2.24) is 10.2 Å². The number of esters is 1. The SMILES string of the molecule is NC(=O)C1(OC(=O)c2ccn[nH]2)CCCCC1. The predicted molar refractivity (Wildman–Crippen MR) is 59.0 cm³/mol. The summed E-state index contributed by atoms with van der Waals surface area (Å²) in [6.45, 7) is 0. The first-order valence-electron chi connectivity index (χ1n) is 5.67. The standard InChI is InChI=1S/C11H15N3O3/c12-10(16)11(5-2-1-3-6-11)17-9(15)8-4-7-13-14-8/h4,7H,1-3,5-6H2,(H2,12,16)(H,13,14). The third kappa shape index (κ3) is 2.30. The highest BCUT2D eigenvalue weighted by Crippen LogP contribution is 2.32. The Morgan fingerprint density at radius 2 is 2.06 bits per heavy atom. The van der Waals surface area contributed by atoms with Crippen LogP contribution in [-0.4, -0.2) is 27.7 Å². The van der Waals surface area contributed by atoms with Crippen LogP contribution < -0.4 is 5.73 Å². The van der Waals surface area contributed by atoms with Gasteiger partial charge in [-0.1, -0.05) is 6.42 Å². The van der Waals surface area contributed by atoms with Gasteiger partial charge in [-0.2, -0.15) is 5.10 Å². The molecule has 1 aliphatic rings. The molecule has 1 fully saturated rings. The van der Waals surface area contributed by atoms with Crippen LogP contribution in [0.25, 0.3) is 0 Å². The predicted octanol–water partition coefficient (Wildman–Crippen LogP) is 0.755. The number of nitrogens with zero attached hydrogens (tertiary/aromatic N) is 1. The second-order valence-corrected chi connectivity index (χ2v) is 4.28. The fourth-order valence-corrected chi connectivity index (χ4v) is 2.12. The highest BCUT2D eigenvalue weighted by Gasteiger charge is 2.42. The van der Waals surface area contributed by atoms with E-state index < -0.39 is 17.5 Å². The first kappa shape index (κ1) is 11.6. The lowest BCUT2D eigenvalue weighted by Crippen LogP contribution is -2.49. The van der Waals surface area contributed by atoms with Crippen LogP contribution in [0.5, 0.6) is 0 Å². The summed E-state index contributed by atoms with van der Waals surface area (Å²) in [5, 5.41) is 6.17. The Labute approximate surface area is 98.5 Å². The third-order valence-corrected chi connectivity index (χ3v) is 3.12. The van der Waals surface area contributed by atoms with Gasteiger partial charge in [0, 0.05) is 6.20 Å². The van der Waals surface area contributed by atoms with Gasteiger partial charge in [-0.15, -0.1) is 0 Å². The largest absolute Gasteiger partial charge is 0.444 e. The molecular formula is C11H15N3O3. The summed E-state index contributed by atoms with van der Waals surface area (Å²) in [6.07, 6.45) is 5.19. The van der Waals surface area contributed by atoms with Crippen molar-refractivity contribution >= 4 is 11.9 Å². The van der Waals surface area contributed by atoms with E-state index in [1.807, 2.05) is 0 Å². The number of hydrogen-bond donors (Lipinski definition) is 2. The number of ether oxygens (including phenoxy) is 1. The first-order chi connectivity index (χ1) is 8.14. The van der Waals surface area contributed by atoms with Crippen molar-refractivity contribution < 1.29 is 14.3 Å². The summed E-state index contributed by atoms with van der Waals surface area (Å²) in [4.78, 5) is 23.3. The Balaban J connectivity index is 2.13. The Morgan fingerprint density at radius 3 is 2.59 bits per heavy atom. The van der Waals surface area contributed by atoms with E-state index in [4.69, 9.17) is 10.5 Å². The summed E-state index contributed by atoms with van der Waals surface area (Å²) in [5.41, 5.74) is 4.46. The molecule has 0 unspecified atom stereocenters. The summed E-state index contributed by atoms with van der Waals surface area (Å²) in [5.74, 6) is -1.15. The Hall–Kier alpha value is -1.85. The summed E-state index contributed by atoms with van der Waals surface area (Å²) >= 11 is 0. The molecule has 1 saturated carbocycles. The van der Waals surface area contributed by atoms with Crippen LogP contribution in [0.1, 0.15) is 42.6 Å². The van der Waals surface area contributed by atoms with Gasteiger partial charge in [0.1, 0.15) is 5.69 Å². The molecule has 1 heterocycles. The van der Waals surface area contributed by atoms with Crippen LogP contribution in [0.2, 0.25) is 0 Å². The molecule has 1 amide bonds. The smallest absolute Gasteiger partial charge is 0.357 e.